The molecule has 0 saturated heterocycles. The van der Waals surface area contributed by atoms with Gasteiger partial charge in [0.2, 0.25) is 10.0 Å². The van der Waals surface area contributed by atoms with E-state index in [9.17, 15) is 8.42 Å². The maximum atomic E-state index is 12.0. The van der Waals surface area contributed by atoms with Crippen LogP contribution in [0.15, 0.2) is 54.6 Å². The van der Waals surface area contributed by atoms with E-state index in [2.05, 4.69) is 17.0 Å². The smallest absolute Gasteiger partial charge is 0.213 e. The number of sulfonamides is 1. The summed E-state index contributed by atoms with van der Waals surface area (Å²) < 4.78 is 30.5. The SMILES string of the molecule is COc1ccc(N(CCCS(=O)(=O)N(C)C)Cc2ccccc2)cc1. The first-order valence-electron chi connectivity index (χ1n) is 8.25. The van der Waals surface area contributed by atoms with Crippen molar-refractivity contribution in [3.8, 4) is 5.75 Å². The lowest BCUT2D eigenvalue weighted by atomic mass is 10.2. The number of benzene rings is 2. The van der Waals surface area contributed by atoms with E-state index < -0.39 is 10.0 Å². The van der Waals surface area contributed by atoms with Crippen molar-refractivity contribution in [2.45, 2.75) is 13.0 Å². The molecule has 0 N–H and O–H groups in total. The average molecular weight is 362 g/mol. The third kappa shape index (κ3) is 5.76. The number of anilines is 1. The molecule has 2 aromatic rings. The number of rotatable bonds is 9. The molecule has 0 fully saturated rings. The van der Waals surface area contributed by atoms with E-state index in [1.54, 1.807) is 21.2 Å². The number of nitrogens with zero attached hydrogens (tertiary/aromatic N) is 2. The van der Waals surface area contributed by atoms with Crippen LogP contribution in [0.3, 0.4) is 0 Å². The third-order valence-electron chi connectivity index (χ3n) is 4.04. The molecule has 0 spiro atoms. The Morgan fingerprint density at radius 3 is 2.16 bits per heavy atom. The van der Waals surface area contributed by atoms with Gasteiger partial charge in [0.05, 0.1) is 12.9 Å². The van der Waals surface area contributed by atoms with Crippen molar-refractivity contribution in [1.82, 2.24) is 4.31 Å². The van der Waals surface area contributed by atoms with Gasteiger partial charge in [-0.3, -0.25) is 0 Å². The Labute approximate surface area is 150 Å². The number of methoxy groups -OCH3 is 1. The molecular formula is C19H26N2O3S. The molecule has 0 bridgehead atoms. The standard InChI is InChI=1S/C19H26N2O3S/c1-20(2)25(22,23)15-7-14-21(16-17-8-5-4-6-9-17)18-10-12-19(24-3)13-11-18/h4-6,8-13H,7,14-16H2,1-3H3. The summed E-state index contributed by atoms with van der Waals surface area (Å²) in [5, 5.41) is 0. The zero-order valence-corrected chi connectivity index (χ0v) is 15.9. The van der Waals surface area contributed by atoms with E-state index in [0.29, 0.717) is 13.0 Å². The largest absolute Gasteiger partial charge is 0.497 e. The molecular weight excluding hydrogens is 336 g/mol. The summed E-state index contributed by atoms with van der Waals surface area (Å²) >= 11 is 0. The topological polar surface area (TPSA) is 49.9 Å². The van der Waals surface area contributed by atoms with Crippen molar-refractivity contribution < 1.29 is 13.2 Å². The Morgan fingerprint density at radius 2 is 1.60 bits per heavy atom. The van der Waals surface area contributed by atoms with Crippen LogP contribution in [0, 0.1) is 0 Å². The van der Waals surface area contributed by atoms with Gasteiger partial charge < -0.3 is 9.64 Å². The number of ether oxygens (including phenoxy) is 1. The van der Waals surface area contributed by atoms with Crippen LogP contribution < -0.4 is 9.64 Å². The molecule has 2 aromatic carbocycles. The van der Waals surface area contributed by atoms with Crippen LogP contribution in [-0.2, 0) is 16.6 Å². The molecule has 0 heterocycles. The molecule has 0 atom stereocenters. The monoisotopic (exact) mass is 362 g/mol. The molecule has 0 saturated carbocycles. The summed E-state index contributed by atoms with van der Waals surface area (Å²) in [5.74, 6) is 0.945. The van der Waals surface area contributed by atoms with Crippen LogP contribution >= 0.6 is 0 Å². The first-order valence-corrected chi connectivity index (χ1v) is 9.86. The first kappa shape index (κ1) is 19.3. The van der Waals surface area contributed by atoms with Crippen molar-refractivity contribution in [2.75, 3.05) is 38.4 Å². The fraction of sp³-hybridized carbons (Fsp3) is 0.368. The normalized spacial score (nSPS) is 11.5. The lowest BCUT2D eigenvalue weighted by Gasteiger charge is -2.25. The lowest BCUT2D eigenvalue weighted by molar-refractivity contribution is 0.415. The summed E-state index contributed by atoms with van der Waals surface area (Å²) in [4.78, 5) is 2.19. The average Bonchev–Trinajstić information content (AvgIpc) is 2.61. The van der Waals surface area contributed by atoms with Crippen molar-refractivity contribution in [2.24, 2.45) is 0 Å². The Balaban J connectivity index is 2.11. The van der Waals surface area contributed by atoms with Gasteiger partial charge in [-0.15, -0.1) is 0 Å². The fourth-order valence-corrected chi connectivity index (χ4v) is 3.38. The van der Waals surface area contributed by atoms with Crippen LogP contribution in [0.1, 0.15) is 12.0 Å². The van der Waals surface area contributed by atoms with Gasteiger partial charge in [-0.05, 0) is 36.2 Å². The van der Waals surface area contributed by atoms with E-state index >= 15 is 0 Å². The van der Waals surface area contributed by atoms with Crippen molar-refractivity contribution in [3.05, 3.63) is 60.2 Å². The van der Waals surface area contributed by atoms with Gasteiger partial charge in [0, 0.05) is 32.9 Å². The van der Waals surface area contributed by atoms with E-state index in [0.717, 1.165) is 18.0 Å². The Bertz CT molecular complexity index is 744. The van der Waals surface area contributed by atoms with Gasteiger partial charge in [-0.1, -0.05) is 30.3 Å². The minimum Gasteiger partial charge on any atom is -0.497 e. The van der Waals surface area contributed by atoms with Crippen LogP contribution in [-0.4, -0.2) is 46.2 Å². The minimum absolute atomic E-state index is 0.140. The highest BCUT2D eigenvalue weighted by Crippen LogP contribution is 2.21. The number of hydrogen-bond donors (Lipinski definition) is 0. The molecule has 0 amide bonds. The Hall–Kier alpha value is -2.05. The quantitative estimate of drug-likeness (QED) is 0.688. The van der Waals surface area contributed by atoms with Crippen LogP contribution in [0.4, 0.5) is 5.69 Å². The van der Waals surface area contributed by atoms with Crippen molar-refractivity contribution >= 4 is 15.7 Å². The second-order valence-corrected chi connectivity index (χ2v) is 8.36. The van der Waals surface area contributed by atoms with Gasteiger partial charge >= 0.3 is 0 Å². The molecule has 0 aromatic heterocycles. The van der Waals surface area contributed by atoms with E-state index in [-0.39, 0.29) is 5.75 Å². The molecule has 0 unspecified atom stereocenters. The molecule has 25 heavy (non-hydrogen) atoms. The zero-order chi connectivity index (χ0) is 18.3. The predicted octanol–water partition coefficient (Wildman–Crippen LogP) is 2.98. The summed E-state index contributed by atoms with van der Waals surface area (Å²) in [6, 6.07) is 18.0. The van der Waals surface area contributed by atoms with Gasteiger partial charge in [0.15, 0.2) is 0 Å². The second kappa shape index (κ2) is 8.87. The maximum absolute atomic E-state index is 12.0. The minimum atomic E-state index is -3.17. The molecule has 136 valence electrons. The first-order chi connectivity index (χ1) is 11.9. The third-order valence-corrected chi connectivity index (χ3v) is 5.96. The zero-order valence-electron chi connectivity index (χ0n) is 15.1. The summed E-state index contributed by atoms with van der Waals surface area (Å²) in [6.07, 6.45) is 0.569. The molecule has 0 aliphatic carbocycles. The van der Waals surface area contributed by atoms with Crippen LogP contribution in [0.5, 0.6) is 5.75 Å². The molecule has 0 aliphatic rings. The Kier molecular flexibility index (Phi) is 6.84. The van der Waals surface area contributed by atoms with E-state index in [1.807, 2.05) is 42.5 Å². The van der Waals surface area contributed by atoms with Crippen LogP contribution in [0.25, 0.3) is 0 Å². The van der Waals surface area contributed by atoms with Gasteiger partial charge in [0.1, 0.15) is 5.75 Å². The van der Waals surface area contributed by atoms with Gasteiger partial charge in [-0.25, -0.2) is 12.7 Å². The maximum Gasteiger partial charge on any atom is 0.213 e. The van der Waals surface area contributed by atoms with Gasteiger partial charge in [0.25, 0.3) is 0 Å². The van der Waals surface area contributed by atoms with Crippen molar-refractivity contribution in [3.63, 3.8) is 0 Å². The summed E-state index contributed by atoms with van der Waals surface area (Å²) in [5.41, 5.74) is 2.24. The van der Waals surface area contributed by atoms with E-state index in [1.165, 1.54) is 9.87 Å². The van der Waals surface area contributed by atoms with Crippen molar-refractivity contribution in [1.29, 1.82) is 0 Å². The van der Waals surface area contributed by atoms with E-state index in [4.69, 9.17) is 4.74 Å². The lowest BCUT2D eigenvalue weighted by Crippen LogP contribution is -2.29. The van der Waals surface area contributed by atoms with Crippen LogP contribution in [0.2, 0.25) is 0 Å². The molecule has 0 radical (unpaired) electrons. The second-order valence-electron chi connectivity index (χ2n) is 6.06. The number of hydrogen-bond acceptors (Lipinski definition) is 4. The molecule has 6 heteroatoms. The predicted molar refractivity (Wildman–Crippen MR) is 103 cm³/mol. The van der Waals surface area contributed by atoms with Gasteiger partial charge in [-0.2, -0.15) is 0 Å². The summed E-state index contributed by atoms with van der Waals surface area (Å²) in [6.45, 7) is 1.39. The molecule has 2 rings (SSSR count). The fourth-order valence-electron chi connectivity index (χ4n) is 2.52. The highest BCUT2D eigenvalue weighted by Gasteiger charge is 2.15. The molecule has 0 aliphatic heterocycles. The highest BCUT2D eigenvalue weighted by molar-refractivity contribution is 7.89. The highest BCUT2D eigenvalue weighted by atomic mass is 32.2. The summed E-state index contributed by atoms with van der Waals surface area (Å²) in [7, 11) is 1.61. The molecule has 5 nitrogen and oxygen atoms in total. The Morgan fingerprint density at radius 1 is 0.960 bits per heavy atom.